The second-order valence-electron chi connectivity index (χ2n) is 7.60. The highest BCUT2D eigenvalue weighted by Gasteiger charge is 2.21. The van der Waals surface area contributed by atoms with Crippen LogP contribution in [0.2, 0.25) is 0 Å². The van der Waals surface area contributed by atoms with Crippen molar-refractivity contribution in [3.63, 3.8) is 0 Å². The molecule has 0 saturated carbocycles. The van der Waals surface area contributed by atoms with Gasteiger partial charge in [0.05, 0.1) is 5.56 Å². The molecule has 4 rings (SSSR count). The number of para-hydroxylation sites is 1. The largest absolute Gasteiger partial charge is 0.370 e. The Morgan fingerprint density at radius 1 is 0.806 bits per heavy atom. The average Bonchev–Trinajstić information content (AvgIpc) is 3.16. The predicted octanol–water partition coefficient (Wildman–Crippen LogP) is 4.21. The Bertz CT molecular complexity index is 1180. The minimum absolute atomic E-state index is 0.104. The van der Waals surface area contributed by atoms with E-state index >= 15 is 0 Å². The molecule has 5 nitrogen and oxygen atoms in total. The fraction of sp³-hybridized carbons (Fsp3) is 0.154. The van der Waals surface area contributed by atoms with Crippen LogP contribution < -0.4 is 5.73 Å². The van der Waals surface area contributed by atoms with Crippen LogP contribution in [0.25, 0.3) is 10.9 Å². The molecule has 0 spiro atoms. The lowest BCUT2D eigenvalue weighted by Crippen LogP contribution is -2.33. The lowest BCUT2D eigenvalue weighted by Gasteiger charge is -2.22. The first-order valence-corrected chi connectivity index (χ1v) is 10.3. The van der Waals surface area contributed by atoms with Crippen LogP contribution in [0.3, 0.4) is 0 Å². The van der Waals surface area contributed by atoms with Crippen molar-refractivity contribution < 1.29 is 9.59 Å². The lowest BCUT2D eigenvalue weighted by molar-refractivity contribution is -0.118. The van der Waals surface area contributed by atoms with Gasteiger partial charge in [-0.2, -0.15) is 0 Å². The summed E-state index contributed by atoms with van der Waals surface area (Å²) in [6, 6.07) is 27.9. The average molecular weight is 412 g/mol. The molecule has 2 amide bonds. The van der Waals surface area contributed by atoms with Gasteiger partial charge in [0, 0.05) is 43.2 Å². The van der Waals surface area contributed by atoms with Crippen molar-refractivity contribution in [1.82, 2.24) is 9.47 Å². The van der Waals surface area contributed by atoms with Crippen molar-refractivity contribution in [3.05, 3.63) is 108 Å². The number of aromatic nitrogens is 1. The van der Waals surface area contributed by atoms with Crippen molar-refractivity contribution in [2.75, 3.05) is 6.54 Å². The van der Waals surface area contributed by atoms with Crippen LogP contribution in [0, 0.1) is 0 Å². The molecule has 0 unspecified atom stereocenters. The van der Waals surface area contributed by atoms with Crippen molar-refractivity contribution in [1.29, 1.82) is 0 Å². The maximum absolute atomic E-state index is 13.6. The van der Waals surface area contributed by atoms with Gasteiger partial charge in [-0.25, -0.2) is 0 Å². The summed E-state index contributed by atoms with van der Waals surface area (Å²) in [4.78, 5) is 26.7. The van der Waals surface area contributed by atoms with E-state index in [1.165, 1.54) is 0 Å². The molecule has 1 aromatic heterocycles. The number of amides is 2. The molecule has 0 aliphatic heterocycles. The molecule has 0 atom stereocenters. The summed E-state index contributed by atoms with van der Waals surface area (Å²) in [5, 5.41) is 0.903. The fourth-order valence-electron chi connectivity index (χ4n) is 3.80. The van der Waals surface area contributed by atoms with E-state index < -0.39 is 5.91 Å². The highest BCUT2D eigenvalue weighted by molar-refractivity contribution is 6.07. The van der Waals surface area contributed by atoms with Crippen LogP contribution in [-0.2, 0) is 17.9 Å². The molecular weight excluding hydrogens is 386 g/mol. The van der Waals surface area contributed by atoms with E-state index in [0.29, 0.717) is 18.7 Å². The number of fused-ring (bicyclic) bond motifs is 1. The maximum atomic E-state index is 13.6. The van der Waals surface area contributed by atoms with Crippen molar-refractivity contribution in [2.24, 2.45) is 5.73 Å². The molecule has 156 valence electrons. The SMILES string of the molecule is NC(=O)CCN(Cc1ccccc1)C(=O)c1cn(Cc2ccccc2)c2ccccc12. The molecule has 0 radical (unpaired) electrons. The van der Waals surface area contributed by atoms with Crippen LogP contribution in [-0.4, -0.2) is 27.8 Å². The number of rotatable bonds is 8. The Kier molecular flexibility index (Phi) is 6.13. The number of nitrogens with two attached hydrogens (primary N) is 1. The molecule has 0 fully saturated rings. The molecule has 0 aliphatic rings. The maximum Gasteiger partial charge on any atom is 0.256 e. The van der Waals surface area contributed by atoms with Gasteiger partial charge in [-0.05, 0) is 17.2 Å². The predicted molar refractivity (Wildman–Crippen MR) is 122 cm³/mol. The third-order valence-electron chi connectivity index (χ3n) is 5.35. The minimum Gasteiger partial charge on any atom is -0.370 e. The highest BCUT2D eigenvalue weighted by atomic mass is 16.2. The van der Waals surface area contributed by atoms with Gasteiger partial charge in [0.25, 0.3) is 5.91 Å². The van der Waals surface area contributed by atoms with Gasteiger partial charge in [0.2, 0.25) is 5.91 Å². The monoisotopic (exact) mass is 411 g/mol. The molecule has 2 N–H and O–H groups in total. The lowest BCUT2D eigenvalue weighted by atomic mass is 10.1. The minimum atomic E-state index is -0.419. The van der Waals surface area contributed by atoms with Crippen LogP contribution in [0.4, 0.5) is 0 Å². The van der Waals surface area contributed by atoms with Gasteiger partial charge in [-0.1, -0.05) is 78.9 Å². The summed E-state index contributed by atoms with van der Waals surface area (Å²) in [7, 11) is 0. The fourth-order valence-corrected chi connectivity index (χ4v) is 3.80. The first-order chi connectivity index (χ1) is 15.1. The van der Waals surface area contributed by atoms with Crippen LogP contribution in [0.5, 0.6) is 0 Å². The number of carbonyl (C=O) groups excluding carboxylic acids is 2. The van der Waals surface area contributed by atoms with Crippen molar-refractivity contribution >= 4 is 22.7 Å². The second kappa shape index (κ2) is 9.30. The Balaban J connectivity index is 1.69. The van der Waals surface area contributed by atoms with Crippen molar-refractivity contribution in [3.8, 4) is 0 Å². The molecule has 1 heterocycles. The van der Waals surface area contributed by atoms with E-state index in [1.807, 2.05) is 79.0 Å². The van der Waals surface area contributed by atoms with E-state index in [0.717, 1.165) is 22.0 Å². The second-order valence-corrected chi connectivity index (χ2v) is 7.60. The van der Waals surface area contributed by atoms with Gasteiger partial charge in [0.15, 0.2) is 0 Å². The molecule has 4 aromatic rings. The number of hydrogen-bond donors (Lipinski definition) is 1. The Labute approximate surface area is 181 Å². The zero-order valence-electron chi connectivity index (χ0n) is 17.3. The summed E-state index contributed by atoms with van der Waals surface area (Å²) in [5.41, 5.74) is 9.18. The van der Waals surface area contributed by atoms with Gasteiger partial charge in [-0.3, -0.25) is 9.59 Å². The Morgan fingerprint density at radius 3 is 2.10 bits per heavy atom. The number of hydrogen-bond acceptors (Lipinski definition) is 2. The summed E-state index contributed by atoms with van der Waals surface area (Å²) in [6.45, 7) is 1.38. The molecule has 0 bridgehead atoms. The molecule has 3 aromatic carbocycles. The molecule has 5 heteroatoms. The highest BCUT2D eigenvalue weighted by Crippen LogP contribution is 2.24. The number of benzene rings is 3. The van der Waals surface area contributed by atoms with E-state index in [1.54, 1.807) is 4.90 Å². The number of nitrogens with zero attached hydrogens (tertiary/aromatic N) is 2. The third-order valence-corrected chi connectivity index (χ3v) is 5.35. The van der Waals surface area contributed by atoms with E-state index in [-0.39, 0.29) is 18.9 Å². The number of carbonyl (C=O) groups is 2. The smallest absolute Gasteiger partial charge is 0.256 e. The number of primary amides is 1. The molecule has 31 heavy (non-hydrogen) atoms. The zero-order chi connectivity index (χ0) is 21.6. The quantitative estimate of drug-likeness (QED) is 0.472. The summed E-state index contributed by atoms with van der Waals surface area (Å²) in [5.74, 6) is -0.523. The summed E-state index contributed by atoms with van der Waals surface area (Å²) >= 11 is 0. The van der Waals surface area contributed by atoms with Crippen LogP contribution in [0.1, 0.15) is 27.9 Å². The van der Waals surface area contributed by atoms with Gasteiger partial charge < -0.3 is 15.2 Å². The van der Waals surface area contributed by atoms with Crippen molar-refractivity contribution in [2.45, 2.75) is 19.5 Å². The van der Waals surface area contributed by atoms with E-state index in [4.69, 9.17) is 5.73 Å². The van der Waals surface area contributed by atoms with Gasteiger partial charge in [-0.15, -0.1) is 0 Å². The normalized spacial score (nSPS) is 10.8. The topological polar surface area (TPSA) is 68.3 Å². The van der Waals surface area contributed by atoms with Crippen LogP contribution >= 0.6 is 0 Å². The Hall–Kier alpha value is -3.86. The first kappa shape index (κ1) is 20.4. The van der Waals surface area contributed by atoms with Crippen LogP contribution in [0.15, 0.2) is 91.1 Å². The standard InChI is InChI=1S/C26H25N3O2/c27-25(30)15-16-28(17-20-9-3-1-4-10-20)26(31)23-19-29(18-21-11-5-2-6-12-21)24-14-8-7-13-22(23)24/h1-14,19H,15-18H2,(H2,27,30). The van der Waals surface area contributed by atoms with E-state index in [9.17, 15) is 9.59 Å². The van der Waals surface area contributed by atoms with E-state index in [2.05, 4.69) is 16.7 Å². The van der Waals surface area contributed by atoms with Gasteiger partial charge in [0.1, 0.15) is 0 Å². The Morgan fingerprint density at radius 2 is 1.42 bits per heavy atom. The first-order valence-electron chi connectivity index (χ1n) is 10.3. The summed E-state index contributed by atoms with van der Waals surface area (Å²) in [6.07, 6.45) is 2.05. The molecule has 0 saturated heterocycles. The van der Waals surface area contributed by atoms with Gasteiger partial charge >= 0.3 is 0 Å². The third kappa shape index (κ3) is 4.83. The zero-order valence-corrected chi connectivity index (χ0v) is 17.3. The molecule has 0 aliphatic carbocycles. The summed E-state index contributed by atoms with van der Waals surface area (Å²) < 4.78 is 2.10. The molecular formula is C26H25N3O2.